The van der Waals surface area contributed by atoms with Gasteiger partial charge in [0, 0.05) is 13.1 Å². The average molecular weight is 428 g/mol. The van der Waals surface area contributed by atoms with Crippen molar-refractivity contribution in [3.8, 4) is 11.5 Å². The molecule has 0 aliphatic carbocycles. The molecule has 162 valence electrons. The summed E-state index contributed by atoms with van der Waals surface area (Å²) in [7, 11) is -0.110. The largest absolute Gasteiger partial charge is 0.493 e. The molecular weight excluding hydrogens is 398 g/mol. The van der Waals surface area contributed by atoms with Crippen LogP contribution in [-0.4, -0.2) is 69.6 Å². The van der Waals surface area contributed by atoms with Crippen molar-refractivity contribution < 1.29 is 32.2 Å². The Balaban J connectivity index is 2.02. The molecule has 1 aliphatic heterocycles. The number of nitrogens with zero attached hydrogens (tertiary/aromatic N) is 1. The number of carbonyl (C=O) groups excluding carboxylic acids is 2. The molecule has 1 heterocycles. The van der Waals surface area contributed by atoms with Gasteiger partial charge < -0.3 is 19.1 Å². The second kappa shape index (κ2) is 9.47. The normalized spacial score (nSPS) is 18.9. The number of benzene rings is 1. The van der Waals surface area contributed by atoms with Gasteiger partial charge in [-0.2, -0.15) is 0 Å². The zero-order valence-electron chi connectivity index (χ0n) is 17.5. The Morgan fingerprint density at radius 2 is 1.90 bits per heavy atom. The van der Waals surface area contributed by atoms with Crippen LogP contribution < -0.4 is 9.47 Å². The fraction of sp³-hybridized carbons (Fsp3) is 0.600. The van der Waals surface area contributed by atoms with Gasteiger partial charge >= 0.3 is 5.97 Å². The van der Waals surface area contributed by atoms with E-state index in [9.17, 15) is 18.0 Å². The lowest BCUT2D eigenvalue weighted by Gasteiger charge is -2.26. The number of methoxy groups -OCH3 is 1. The maximum atomic E-state index is 12.5. The molecule has 0 bridgehead atoms. The Morgan fingerprint density at radius 3 is 2.45 bits per heavy atom. The monoisotopic (exact) mass is 427 g/mol. The van der Waals surface area contributed by atoms with Crippen molar-refractivity contribution in [1.29, 1.82) is 0 Å². The molecule has 1 aromatic carbocycles. The van der Waals surface area contributed by atoms with E-state index >= 15 is 0 Å². The Morgan fingerprint density at radius 1 is 1.21 bits per heavy atom. The molecule has 0 saturated carbocycles. The quantitative estimate of drug-likeness (QED) is 0.585. The maximum Gasteiger partial charge on any atom is 0.339 e. The first-order valence-electron chi connectivity index (χ1n) is 9.53. The first-order chi connectivity index (χ1) is 13.5. The van der Waals surface area contributed by atoms with Gasteiger partial charge in [-0.15, -0.1) is 0 Å². The summed E-state index contributed by atoms with van der Waals surface area (Å²) in [6.07, 6.45) is -0.654. The average Bonchev–Trinajstić information content (AvgIpc) is 3.04. The predicted octanol–water partition coefficient (Wildman–Crippen LogP) is 1.92. The fourth-order valence-corrected chi connectivity index (χ4v) is 4.77. The predicted molar refractivity (Wildman–Crippen MR) is 108 cm³/mol. The van der Waals surface area contributed by atoms with Crippen molar-refractivity contribution >= 4 is 21.7 Å². The molecule has 0 radical (unpaired) electrons. The highest BCUT2D eigenvalue weighted by molar-refractivity contribution is 7.91. The summed E-state index contributed by atoms with van der Waals surface area (Å²) in [5.74, 6) is 0.134. The van der Waals surface area contributed by atoms with Gasteiger partial charge in [-0.1, -0.05) is 13.8 Å². The fourth-order valence-electron chi connectivity index (χ4n) is 3.00. The van der Waals surface area contributed by atoms with Gasteiger partial charge in [0.15, 0.2) is 27.4 Å². The van der Waals surface area contributed by atoms with Crippen LogP contribution in [0.25, 0.3) is 0 Å². The van der Waals surface area contributed by atoms with Crippen molar-refractivity contribution in [1.82, 2.24) is 4.90 Å². The first kappa shape index (κ1) is 23.0. The van der Waals surface area contributed by atoms with Crippen molar-refractivity contribution in [2.75, 3.05) is 32.3 Å². The molecule has 29 heavy (non-hydrogen) atoms. The zero-order valence-corrected chi connectivity index (χ0v) is 18.3. The van der Waals surface area contributed by atoms with E-state index in [0.717, 1.165) is 0 Å². The standard InChI is InChI=1S/C20H29NO7S/c1-13(2)11-27-17-7-6-15(10-18(17)26-5)20(23)28-14(3)19(22)21(4)16-8-9-29(24,25)12-16/h6-7,10,13-14,16H,8-9,11-12H2,1-5H3/t14-,16-/m0/s1. The van der Waals surface area contributed by atoms with E-state index in [0.29, 0.717) is 30.4 Å². The second-order valence-electron chi connectivity index (χ2n) is 7.62. The highest BCUT2D eigenvalue weighted by Crippen LogP contribution is 2.29. The molecule has 0 spiro atoms. The van der Waals surface area contributed by atoms with E-state index in [1.807, 2.05) is 13.8 Å². The zero-order chi connectivity index (χ0) is 21.8. The van der Waals surface area contributed by atoms with E-state index < -0.39 is 33.9 Å². The Hall–Kier alpha value is -2.29. The molecular formula is C20H29NO7S. The van der Waals surface area contributed by atoms with Gasteiger partial charge in [-0.25, -0.2) is 13.2 Å². The molecule has 8 nitrogen and oxygen atoms in total. The second-order valence-corrected chi connectivity index (χ2v) is 9.85. The lowest BCUT2D eigenvalue weighted by Crippen LogP contribution is -2.44. The van der Waals surface area contributed by atoms with E-state index in [2.05, 4.69) is 0 Å². The molecule has 2 rings (SSSR count). The number of carbonyl (C=O) groups is 2. The van der Waals surface area contributed by atoms with Gasteiger partial charge in [0.2, 0.25) is 0 Å². The van der Waals surface area contributed by atoms with Gasteiger partial charge in [-0.3, -0.25) is 4.79 Å². The number of ether oxygens (including phenoxy) is 3. The van der Waals surface area contributed by atoms with Crippen LogP contribution in [0.2, 0.25) is 0 Å². The van der Waals surface area contributed by atoms with Crippen LogP contribution in [0.4, 0.5) is 0 Å². The highest BCUT2D eigenvalue weighted by Gasteiger charge is 2.35. The van der Waals surface area contributed by atoms with Gasteiger partial charge in [0.05, 0.1) is 30.8 Å². The minimum Gasteiger partial charge on any atom is -0.493 e. The summed E-state index contributed by atoms with van der Waals surface area (Å²) < 4.78 is 39.5. The number of hydrogen-bond donors (Lipinski definition) is 0. The minimum absolute atomic E-state index is 0.0640. The van der Waals surface area contributed by atoms with Crippen LogP contribution in [0.15, 0.2) is 18.2 Å². The molecule has 9 heteroatoms. The topological polar surface area (TPSA) is 99.2 Å². The molecule has 1 aromatic rings. The number of likely N-dealkylation sites (N-methyl/N-ethyl adjacent to an activating group) is 1. The van der Waals surface area contributed by atoms with Crippen molar-refractivity contribution in [3.05, 3.63) is 23.8 Å². The van der Waals surface area contributed by atoms with E-state index in [4.69, 9.17) is 14.2 Å². The minimum atomic E-state index is -3.12. The summed E-state index contributed by atoms with van der Waals surface area (Å²) in [5.41, 5.74) is 0.226. The summed E-state index contributed by atoms with van der Waals surface area (Å²) >= 11 is 0. The SMILES string of the molecule is COc1cc(C(=O)O[C@@H](C)C(=O)N(C)[C@H]2CCS(=O)(=O)C2)ccc1OCC(C)C. The Bertz CT molecular complexity index is 850. The van der Waals surface area contributed by atoms with Crippen LogP contribution in [0.3, 0.4) is 0 Å². The summed E-state index contributed by atoms with van der Waals surface area (Å²) in [6, 6.07) is 4.28. The summed E-state index contributed by atoms with van der Waals surface area (Å²) in [6.45, 7) is 6.02. The number of rotatable bonds is 8. The highest BCUT2D eigenvalue weighted by atomic mass is 32.2. The molecule has 0 unspecified atom stereocenters. The molecule has 2 atom stereocenters. The Labute approximate surface area is 172 Å². The van der Waals surface area contributed by atoms with Gasteiger partial charge in [0.25, 0.3) is 5.91 Å². The van der Waals surface area contributed by atoms with E-state index in [1.54, 1.807) is 12.1 Å². The van der Waals surface area contributed by atoms with Crippen molar-refractivity contribution in [3.63, 3.8) is 0 Å². The number of sulfone groups is 1. The molecule has 0 N–H and O–H groups in total. The lowest BCUT2D eigenvalue weighted by molar-refractivity contribution is -0.140. The van der Waals surface area contributed by atoms with Crippen molar-refractivity contribution in [2.24, 2.45) is 5.92 Å². The Kier molecular flexibility index (Phi) is 7.51. The third kappa shape index (κ3) is 6.09. The molecule has 1 aliphatic rings. The number of hydrogen-bond acceptors (Lipinski definition) is 7. The summed E-state index contributed by atoms with van der Waals surface area (Å²) in [4.78, 5) is 26.4. The van der Waals surface area contributed by atoms with Crippen LogP contribution in [0.1, 0.15) is 37.6 Å². The summed E-state index contributed by atoms with van der Waals surface area (Å²) in [5, 5.41) is 0. The molecule has 1 saturated heterocycles. The molecule has 1 amide bonds. The van der Waals surface area contributed by atoms with Gasteiger partial charge in [0.1, 0.15) is 0 Å². The van der Waals surface area contributed by atoms with Crippen LogP contribution >= 0.6 is 0 Å². The van der Waals surface area contributed by atoms with E-state index in [-0.39, 0.29) is 17.1 Å². The number of esters is 1. The van der Waals surface area contributed by atoms with Crippen molar-refractivity contribution in [2.45, 2.75) is 39.3 Å². The lowest BCUT2D eigenvalue weighted by atomic mass is 10.2. The van der Waals surface area contributed by atoms with Crippen LogP contribution in [0, 0.1) is 5.92 Å². The third-order valence-corrected chi connectivity index (χ3v) is 6.46. The van der Waals surface area contributed by atoms with Crippen LogP contribution in [-0.2, 0) is 19.4 Å². The van der Waals surface area contributed by atoms with Crippen LogP contribution in [0.5, 0.6) is 11.5 Å². The van der Waals surface area contributed by atoms with E-state index in [1.165, 1.54) is 32.0 Å². The number of amides is 1. The first-order valence-corrected chi connectivity index (χ1v) is 11.3. The third-order valence-electron chi connectivity index (χ3n) is 4.71. The maximum absolute atomic E-state index is 12.5. The molecule has 1 fully saturated rings. The molecule has 0 aromatic heterocycles. The smallest absolute Gasteiger partial charge is 0.339 e. The van der Waals surface area contributed by atoms with Gasteiger partial charge in [-0.05, 0) is 37.5 Å².